The predicted octanol–water partition coefficient (Wildman–Crippen LogP) is 2.39. The number of carbonyl (C=O) groups is 2. The number of nitrogens with zero attached hydrogens (tertiary/aromatic N) is 1. The predicted molar refractivity (Wildman–Crippen MR) is 71.1 cm³/mol. The minimum absolute atomic E-state index is 0.0195. The van der Waals surface area contributed by atoms with Crippen LogP contribution in [0.3, 0.4) is 0 Å². The quantitative estimate of drug-likeness (QED) is 0.887. The van der Waals surface area contributed by atoms with Gasteiger partial charge in [-0.25, -0.2) is 0 Å². The van der Waals surface area contributed by atoms with Crippen LogP contribution >= 0.6 is 0 Å². The maximum absolute atomic E-state index is 11.7. The highest BCUT2D eigenvalue weighted by molar-refractivity contribution is 5.93. The molecule has 0 aromatic heterocycles. The molecule has 1 fully saturated rings. The monoisotopic (exact) mass is 259 g/mol. The first-order valence-electron chi connectivity index (χ1n) is 6.67. The Morgan fingerprint density at radius 3 is 2.58 bits per heavy atom. The Bertz CT molecular complexity index is 548. The van der Waals surface area contributed by atoms with E-state index in [1.54, 1.807) is 11.8 Å². The molecule has 1 N–H and O–H groups in total. The summed E-state index contributed by atoms with van der Waals surface area (Å²) in [5.74, 6) is -0.633. The zero-order chi connectivity index (χ0) is 13.6. The van der Waals surface area contributed by atoms with Crippen molar-refractivity contribution in [2.75, 3.05) is 11.4 Å². The first-order valence-corrected chi connectivity index (χ1v) is 6.67. The number of hydrogen-bond donors (Lipinski definition) is 1. The second-order valence-electron chi connectivity index (χ2n) is 5.53. The molecule has 0 saturated heterocycles. The fourth-order valence-electron chi connectivity index (χ4n) is 3.31. The third-order valence-electron chi connectivity index (χ3n) is 4.51. The van der Waals surface area contributed by atoms with Crippen molar-refractivity contribution in [2.24, 2.45) is 5.41 Å². The molecule has 0 bridgehead atoms. The average molecular weight is 259 g/mol. The third kappa shape index (κ3) is 1.74. The molecule has 2 aliphatic rings. The van der Waals surface area contributed by atoms with Gasteiger partial charge in [0.05, 0.1) is 5.41 Å². The molecule has 1 atom stereocenters. The Morgan fingerprint density at radius 1 is 1.32 bits per heavy atom. The van der Waals surface area contributed by atoms with E-state index in [9.17, 15) is 14.7 Å². The Hall–Kier alpha value is -1.84. The van der Waals surface area contributed by atoms with Gasteiger partial charge in [0.2, 0.25) is 5.91 Å². The van der Waals surface area contributed by atoms with Crippen LogP contribution in [0.15, 0.2) is 24.3 Å². The summed E-state index contributed by atoms with van der Waals surface area (Å²) >= 11 is 0. The number of carboxylic acid groups (broad SMARTS) is 1. The second kappa shape index (κ2) is 4.08. The van der Waals surface area contributed by atoms with Crippen LogP contribution < -0.4 is 4.90 Å². The molecule has 19 heavy (non-hydrogen) atoms. The average Bonchev–Trinajstić information content (AvgIpc) is 3.18. The first kappa shape index (κ1) is 12.2. The summed E-state index contributed by atoms with van der Waals surface area (Å²) in [5.41, 5.74) is 1.32. The number of benzene rings is 1. The molecule has 3 rings (SSSR count). The van der Waals surface area contributed by atoms with Crippen LogP contribution in [-0.2, 0) is 9.59 Å². The van der Waals surface area contributed by atoms with E-state index in [1.165, 1.54) is 0 Å². The molecular weight excluding hydrogens is 242 g/mol. The van der Waals surface area contributed by atoms with Crippen LogP contribution in [0.2, 0.25) is 0 Å². The van der Waals surface area contributed by atoms with Crippen LogP contribution in [-0.4, -0.2) is 23.5 Å². The van der Waals surface area contributed by atoms with Crippen LogP contribution in [0.1, 0.15) is 37.7 Å². The van der Waals surface area contributed by atoms with Gasteiger partial charge in [-0.05, 0) is 30.9 Å². The maximum atomic E-state index is 11.7. The van der Waals surface area contributed by atoms with Crippen LogP contribution in [0, 0.1) is 5.41 Å². The summed E-state index contributed by atoms with van der Waals surface area (Å²) in [6, 6.07) is 7.71. The van der Waals surface area contributed by atoms with E-state index in [0.29, 0.717) is 6.54 Å². The summed E-state index contributed by atoms with van der Waals surface area (Å²) in [5, 5.41) is 9.48. The lowest BCUT2D eigenvalue weighted by Crippen LogP contribution is -2.38. The molecule has 100 valence electrons. The molecule has 1 aliphatic carbocycles. The van der Waals surface area contributed by atoms with Gasteiger partial charge in [0.1, 0.15) is 0 Å². The van der Waals surface area contributed by atoms with E-state index in [-0.39, 0.29) is 11.8 Å². The van der Waals surface area contributed by atoms with Crippen molar-refractivity contribution in [3.05, 3.63) is 29.8 Å². The number of anilines is 1. The second-order valence-corrected chi connectivity index (χ2v) is 5.53. The highest BCUT2D eigenvalue weighted by Crippen LogP contribution is 2.60. The minimum atomic E-state index is -0.691. The van der Waals surface area contributed by atoms with E-state index in [1.807, 2.05) is 24.3 Å². The van der Waals surface area contributed by atoms with Crippen molar-refractivity contribution >= 4 is 17.6 Å². The molecule has 0 radical (unpaired) electrons. The van der Waals surface area contributed by atoms with Crippen LogP contribution in [0.5, 0.6) is 0 Å². The van der Waals surface area contributed by atoms with Gasteiger partial charge in [-0.1, -0.05) is 18.2 Å². The number of rotatable bonds is 2. The van der Waals surface area contributed by atoms with E-state index >= 15 is 0 Å². The molecule has 1 amide bonds. The van der Waals surface area contributed by atoms with Gasteiger partial charge in [-0.2, -0.15) is 0 Å². The Kier molecular flexibility index (Phi) is 2.62. The minimum Gasteiger partial charge on any atom is -0.481 e. The Balaban J connectivity index is 2.05. The van der Waals surface area contributed by atoms with Crippen molar-refractivity contribution in [3.63, 3.8) is 0 Å². The number of aliphatic carboxylic acids is 1. The highest BCUT2D eigenvalue weighted by Gasteiger charge is 2.57. The SMILES string of the molecule is CC(=O)N1CCC(C2(C(=O)O)CC2)c2ccccc21. The van der Waals surface area contributed by atoms with Gasteiger partial charge in [-0.3, -0.25) is 9.59 Å². The molecule has 1 unspecified atom stereocenters. The molecule has 1 aliphatic heterocycles. The van der Waals surface area contributed by atoms with E-state index in [4.69, 9.17) is 0 Å². The lowest BCUT2D eigenvalue weighted by atomic mass is 9.78. The standard InChI is InChI=1S/C15H17NO3/c1-10(17)16-9-6-12(15(7-8-15)14(18)19)11-4-2-3-5-13(11)16/h2-5,12H,6-9H2,1H3,(H,18,19). The molecular formula is C15H17NO3. The highest BCUT2D eigenvalue weighted by atomic mass is 16.4. The van der Waals surface area contributed by atoms with Gasteiger partial charge in [0.25, 0.3) is 0 Å². The van der Waals surface area contributed by atoms with Gasteiger partial charge in [-0.15, -0.1) is 0 Å². The van der Waals surface area contributed by atoms with Gasteiger partial charge in [0, 0.05) is 25.1 Å². The smallest absolute Gasteiger partial charge is 0.310 e. The molecule has 1 aromatic carbocycles. The maximum Gasteiger partial charge on any atom is 0.310 e. The topological polar surface area (TPSA) is 57.6 Å². The number of amides is 1. The third-order valence-corrected chi connectivity index (χ3v) is 4.51. The summed E-state index contributed by atoms with van der Waals surface area (Å²) in [7, 11) is 0. The van der Waals surface area contributed by atoms with Crippen molar-refractivity contribution in [2.45, 2.75) is 32.1 Å². The van der Waals surface area contributed by atoms with Gasteiger partial charge < -0.3 is 10.0 Å². The Labute approximate surface area is 112 Å². The number of fused-ring (bicyclic) bond motifs is 1. The van der Waals surface area contributed by atoms with E-state index < -0.39 is 11.4 Å². The van der Waals surface area contributed by atoms with Crippen molar-refractivity contribution in [1.29, 1.82) is 0 Å². The van der Waals surface area contributed by atoms with Crippen LogP contribution in [0.4, 0.5) is 5.69 Å². The molecule has 1 heterocycles. The number of hydrogen-bond acceptors (Lipinski definition) is 2. The number of carboxylic acids is 1. The van der Waals surface area contributed by atoms with E-state index in [2.05, 4.69) is 0 Å². The van der Waals surface area contributed by atoms with Crippen LogP contribution in [0.25, 0.3) is 0 Å². The van der Waals surface area contributed by atoms with Crippen molar-refractivity contribution < 1.29 is 14.7 Å². The van der Waals surface area contributed by atoms with Crippen molar-refractivity contribution in [1.82, 2.24) is 0 Å². The fourth-order valence-corrected chi connectivity index (χ4v) is 3.31. The van der Waals surface area contributed by atoms with Crippen molar-refractivity contribution in [3.8, 4) is 0 Å². The lowest BCUT2D eigenvalue weighted by molar-refractivity contribution is -0.144. The summed E-state index contributed by atoms with van der Waals surface area (Å²) in [4.78, 5) is 25.0. The zero-order valence-corrected chi connectivity index (χ0v) is 10.9. The number of para-hydroxylation sites is 1. The van der Waals surface area contributed by atoms with Gasteiger partial charge in [0.15, 0.2) is 0 Å². The molecule has 1 saturated carbocycles. The number of carbonyl (C=O) groups excluding carboxylic acids is 1. The lowest BCUT2D eigenvalue weighted by Gasteiger charge is -2.36. The van der Waals surface area contributed by atoms with Gasteiger partial charge >= 0.3 is 5.97 Å². The van der Waals surface area contributed by atoms with E-state index in [0.717, 1.165) is 30.5 Å². The fraction of sp³-hybridized carbons (Fsp3) is 0.467. The molecule has 0 spiro atoms. The first-order chi connectivity index (χ1) is 9.06. The summed E-state index contributed by atoms with van der Waals surface area (Å²) in [6.45, 7) is 2.17. The summed E-state index contributed by atoms with van der Waals surface area (Å²) < 4.78 is 0. The molecule has 4 nitrogen and oxygen atoms in total. The normalized spacial score (nSPS) is 23.6. The summed E-state index contributed by atoms with van der Waals surface area (Å²) in [6.07, 6.45) is 2.24. The molecule has 1 aromatic rings. The largest absolute Gasteiger partial charge is 0.481 e. The molecule has 4 heteroatoms. The zero-order valence-electron chi connectivity index (χ0n) is 10.9. The Morgan fingerprint density at radius 2 is 2.00 bits per heavy atom.